The highest BCUT2D eigenvalue weighted by Crippen LogP contribution is 2.23. The number of carbonyl (C=O) groups is 2. The summed E-state index contributed by atoms with van der Waals surface area (Å²) >= 11 is 0. The maximum absolute atomic E-state index is 12.4. The topological polar surface area (TPSA) is 99.5 Å². The highest BCUT2D eigenvalue weighted by molar-refractivity contribution is 6.01. The summed E-state index contributed by atoms with van der Waals surface area (Å²) in [5.74, 6) is -0.558. The number of nitrogen functional groups attached to an aromatic ring is 1. The van der Waals surface area contributed by atoms with Crippen LogP contribution in [0.3, 0.4) is 0 Å². The zero-order valence-electron chi connectivity index (χ0n) is 15.4. The summed E-state index contributed by atoms with van der Waals surface area (Å²) in [4.78, 5) is 26.3. The summed E-state index contributed by atoms with van der Waals surface area (Å²) < 4.78 is 0. The molecule has 2 rings (SSSR count). The molecule has 25 heavy (non-hydrogen) atoms. The largest absolute Gasteiger partial charge is 0.398 e. The monoisotopic (exact) mass is 347 g/mol. The summed E-state index contributed by atoms with van der Waals surface area (Å²) in [6.07, 6.45) is 0. The third-order valence-corrected chi connectivity index (χ3v) is 4.06. The number of rotatable bonds is 5. The lowest BCUT2D eigenvalue weighted by Gasteiger charge is -2.37. The summed E-state index contributed by atoms with van der Waals surface area (Å²) in [5.41, 5.74) is 7.73. The molecule has 0 bridgehead atoms. The Hall–Kier alpha value is -2.28. The van der Waals surface area contributed by atoms with Crippen molar-refractivity contribution in [3.63, 3.8) is 0 Å². The van der Waals surface area contributed by atoms with Crippen LogP contribution in [-0.2, 0) is 4.79 Å². The van der Waals surface area contributed by atoms with Gasteiger partial charge in [0.15, 0.2) is 0 Å². The zero-order chi connectivity index (χ0) is 18.6. The number of anilines is 2. The lowest BCUT2D eigenvalue weighted by Crippen LogP contribution is -2.54. The van der Waals surface area contributed by atoms with E-state index in [0.29, 0.717) is 23.3 Å². The van der Waals surface area contributed by atoms with E-state index < -0.39 is 0 Å². The molecule has 1 aromatic carbocycles. The minimum Gasteiger partial charge on any atom is -0.398 e. The number of nitrogens with zero attached hydrogens (tertiary/aromatic N) is 1. The minimum absolute atomic E-state index is 0.0366. The fourth-order valence-corrected chi connectivity index (χ4v) is 3.10. The summed E-state index contributed by atoms with van der Waals surface area (Å²) in [5, 5.41) is 8.85. The van der Waals surface area contributed by atoms with Gasteiger partial charge in [-0.1, -0.05) is 0 Å². The average Bonchev–Trinajstić information content (AvgIpc) is 2.51. The maximum Gasteiger partial charge on any atom is 0.253 e. The van der Waals surface area contributed by atoms with E-state index in [1.54, 1.807) is 12.1 Å². The Bertz CT molecular complexity index is 622. The van der Waals surface area contributed by atoms with Gasteiger partial charge in [0, 0.05) is 42.6 Å². The van der Waals surface area contributed by atoms with Crippen LogP contribution >= 0.6 is 0 Å². The van der Waals surface area contributed by atoms with Gasteiger partial charge in [0.1, 0.15) is 0 Å². The van der Waals surface area contributed by atoms with Crippen LogP contribution in [0.25, 0.3) is 0 Å². The molecule has 1 saturated heterocycles. The molecule has 7 nitrogen and oxygen atoms in total. The van der Waals surface area contributed by atoms with Crippen molar-refractivity contribution in [2.75, 3.05) is 30.3 Å². The molecule has 2 unspecified atom stereocenters. The van der Waals surface area contributed by atoms with Crippen LogP contribution in [0.15, 0.2) is 18.2 Å². The third-order valence-electron chi connectivity index (χ3n) is 4.06. The normalized spacial score (nSPS) is 20.4. The van der Waals surface area contributed by atoms with Crippen molar-refractivity contribution in [2.45, 2.75) is 45.8 Å². The lowest BCUT2D eigenvalue weighted by atomic mass is 10.1. The van der Waals surface area contributed by atoms with Crippen molar-refractivity contribution in [3.8, 4) is 0 Å². The number of benzene rings is 1. The number of amides is 2. The molecular weight excluding hydrogens is 318 g/mol. The number of hydrogen-bond acceptors (Lipinski definition) is 5. The molecule has 2 atom stereocenters. The number of piperazine rings is 1. The average molecular weight is 347 g/mol. The molecular formula is C18H29N5O2. The lowest BCUT2D eigenvalue weighted by molar-refractivity contribution is -0.120. The van der Waals surface area contributed by atoms with E-state index in [1.165, 1.54) is 0 Å². The van der Waals surface area contributed by atoms with E-state index >= 15 is 0 Å². The molecule has 1 aliphatic rings. The van der Waals surface area contributed by atoms with Gasteiger partial charge in [-0.2, -0.15) is 0 Å². The fraction of sp³-hybridized carbons (Fsp3) is 0.556. The molecule has 0 radical (unpaired) electrons. The molecule has 0 aliphatic carbocycles. The van der Waals surface area contributed by atoms with Crippen LogP contribution in [0.4, 0.5) is 11.4 Å². The Morgan fingerprint density at radius 3 is 2.52 bits per heavy atom. The van der Waals surface area contributed by atoms with E-state index in [-0.39, 0.29) is 24.4 Å². The Morgan fingerprint density at radius 1 is 1.28 bits per heavy atom. The first-order valence-corrected chi connectivity index (χ1v) is 8.74. The standard InChI is InChI=1S/C18H29N5O2/c1-11(2)21-17(24)8-20-18(25)15-7-14(5-6-16(15)19)23-9-12(3)22-13(4)10-23/h5-7,11-13,22H,8-10,19H2,1-4H3,(H,20,25)(H,21,24). The second-order valence-electron chi connectivity index (χ2n) is 7.05. The first kappa shape index (κ1) is 19.1. The van der Waals surface area contributed by atoms with Gasteiger partial charge in [-0.05, 0) is 45.9 Å². The van der Waals surface area contributed by atoms with Crippen LogP contribution in [0, 0.1) is 0 Å². The van der Waals surface area contributed by atoms with Gasteiger partial charge < -0.3 is 26.6 Å². The van der Waals surface area contributed by atoms with Gasteiger partial charge in [0.2, 0.25) is 5.91 Å². The van der Waals surface area contributed by atoms with Crippen molar-refractivity contribution < 1.29 is 9.59 Å². The van der Waals surface area contributed by atoms with Crippen LogP contribution in [-0.4, -0.2) is 49.6 Å². The van der Waals surface area contributed by atoms with Crippen molar-refractivity contribution in [2.24, 2.45) is 0 Å². The van der Waals surface area contributed by atoms with E-state index in [1.807, 2.05) is 19.9 Å². The number of carbonyl (C=O) groups excluding carboxylic acids is 2. The predicted molar refractivity (Wildman–Crippen MR) is 101 cm³/mol. The third kappa shape index (κ3) is 5.35. The van der Waals surface area contributed by atoms with Gasteiger partial charge in [-0.25, -0.2) is 0 Å². The molecule has 1 heterocycles. The number of hydrogen-bond donors (Lipinski definition) is 4. The number of nitrogens with two attached hydrogens (primary N) is 1. The second-order valence-corrected chi connectivity index (χ2v) is 7.05. The molecule has 0 saturated carbocycles. The SMILES string of the molecule is CC(C)NC(=O)CNC(=O)c1cc(N2CC(C)NC(C)C2)ccc1N. The van der Waals surface area contributed by atoms with Crippen molar-refractivity contribution >= 4 is 23.2 Å². The van der Waals surface area contributed by atoms with Gasteiger partial charge in [0.05, 0.1) is 12.1 Å². The van der Waals surface area contributed by atoms with Crippen LogP contribution in [0.2, 0.25) is 0 Å². The smallest absolute Gasteiger partial charge is 0.253 e. The molecule has 0 spiro atoms. The summed E-state index contributed by atoms with van der Waals surface area (Å²) in [7, 11) is 0. The van der Waals surface area contributed by atoms with E-state index in [0.717, 1.165) is 18.8 Å². The Morgan fingerprint density at radius 2 is 1.92 bits per heavy atom. The van der Waals surface area contributed by atoms with Crippen LogP contribution in [0.1, 0.15) is 38.1 Å². The predicted octanol–water partition coefficient (Wildman–Crippen LogP) is 0.710. The molecule has 0 aromatic heterocycles. The Balaban J connectivity index is 2.07. The molecule has 1 aromatic rings. The van der Waals surface area contributed by atoms with Gasteiger partial charge >= 0.3 is 0 Å². The Labute approximate surface area is 149 Å². The molecule has 1 fully saturated rings. The van der Waals surface area contributed by atoms with E-state index in [9.17, 15) is 9.59 Å². The second kappa shape index (κ2) is 8.20. The highest BCUT2D eigenvalue weighted by Gasteiger charge is 2.22. The molecule has 138 valence electrons. The van der Waals surface area contributed by atoms with Crippen molar-refractivity contribution in [3.05, 3.63) is 23.8 Å². The molecule has 7 heteroatoms. The Kier molecular flexibility index (Phi) is 6.25. The van der Waals surface area contributed by atoms with E-state index in [4.69, 9.17) is 5.73 Å². The highest BCUT2D eigenvalue weighted by atomic mass is 16.2. The minimum atomic E-state index is -0.338. The maximum atomic E-state index is 12.4. The van der Waals surface area contributed by atoms with Crippen LogP contribution in [0.5, 0.6) is 0 Å². The number of nitrogens with one attached hydrogen (secondary N) is 3. The fourth-order valence-electron chi connectivity index (χ4n) is 3.10. The van der Waals surface area contributed by atoms with E-state index in [2.05, 4.69) is 34.7 Å². The van der Waals surface area contributed by atoms with Gasteiger partial charge in [0.25, 0.3) is 5.91 Å². The zero-order valence-corrected chi connectivity index (χ0v) is 15.4. The molecule has 2 amide bonds. The summed E-state index contributed by atoms with van der Waals surface area (Å²) in [6, 6.07) is 6.26. The molecule has 1 aliphatic heterocycles. The quantitative estimate of drug-likeness (QED) is 0.588. The molecule has 5 N–H and O–H groups in total. The van der Waals surface area contributed by atoms with Crippen LogP contribution < -0.4 is 26.6 Å². The first-order chi connectivity index (χ1) is 11.8. The van der Waals surface area contributed by atoms with Crippen molar-refractivity contribution in [1.82, 2.24) is 16.0 Å². The summed E-state index contributed by atoms with van der Waals surface area (Å²) in [6.45, 7) is 9.69. The van der Waals surface area contributed by atoms with Gasteiger partial charge in [-0.15, -0.1) is 0 Å². The first-order valence-electron chi connectivity index (χ1n) is 8.74. The van der Waals surface area contributed by atoms with Crippen molar-refractivity contribution in [1.29, 1.82) is 0 Å². The van der Waals surface area contributed by atoms with Gasteiger partial charge in [-0.3, -0.25) is 9.59 Å².